The Morgan fingerprint density at radius 2 is 2.18 bits per heavy atom. The van der Waals surface area contributed by atoms with Gasteiger partial charge in [0.2, 0.25) is 10.0 Å². The Balaban J connectivity index is 2.86. The Labute approximate surface area is 108 Å². The molecule has 0 saturated heterocycles. The van der Waals surface area contributed by atoms with Crippen molar-refractivity contribution >= 4 is 26.0 Å². The van der Waals surface area contributed by atoms with Crippen LogP contribution in [-0.4, -0.2) is 26.2 Å². The Kier molecular flexibility index (Phi) is 5.05. The molecule has 0 amide bonds. The predicted molar refractivity (Wildman–Crippen MR) is 65.6 cm³/mol. The fourth-order valence-corrected chi connectivity index (χ4v) is 2.41. The molecule has 0 bridgehead atoms. The van der Waals surface area contributed by atoms with Crippen LogP contribution in [0.15, 0.2) is 27.6 Å². The lowest BCUT2D eigenvalue weighted by Crippen LogP contribution is -2.31. The molecular weight excluding hydrogens is 313 g/mol. The molecule has 1 unspecified atom stereocenters. The van der Waals surface area contributed by atoms with Crippen LogP contribution in [0.3, 0.4) is 0 Å². The largest absolute Gasteiger partial charge is 0.392 e. The van der Waals surface area contributed by atoms with Gasteiger partial charge in [-0.25, -0.2) is 17.5 Å². The van der Waals surface area contributed by atoms with E-state index in [1.165, 1.54) is 12.1 Å². The molecule has 17 heavy (non-hydrogen) atoms. The molecule has 1 aromatic carbocycles. The van der Waals surface area contributed by atoms with Crippen LogP contribution < -0.4 is 4.72 Å². The summed E-state index contributed by atoms with van der Waals surface area (Å²) in [4.78, 5) is -0.165. The topological polar surface area (TPSA) is 66.4 Å². The summed E-state index contributed by atoms with van der Waals surface area (Å²) >= 11 is 2.94. The number of sulfonamides is 1. The third kappa shape index (κ3) is 4.02. The van der Waals surface area contributed by atoms with E-state index in [-0.39, 0.29) is 15.9 Å². The first-order valence-corrected chi connectivity index (χ1v) is 7.27. The number of hydrogen-bond acceptors (Lipinski definition) is 3. The number of benzene rings is 1. The van der Waals surface area contributed by atoms with Crippen molar-refractivity contribution in [1.82, 2.24) is 4.72 Å². The summed E-state index contributed by atoms with van der Waals surface area (Å²) in [5, 5.41) is 9.26. The minimum Gasteiger partial charge on any atom is -0.392 e. The number of hydrogen-bond donors (Lipinski definition) is 2. The Hall–Kier alpha value is -0.500. The van der Waals surface area contributed by atoms with Crippen molar-refractivity contribution in [2.45, 2.75) is 24.3 Å². The third-order valence-electron chi connectivity index (χ3n) is 2.18. The van der Waals surface area contributed by atoms with Crippen LogP contribution in [0, 0.1) is 5.82 Å². The van der Waals surface area contributed by atoms with E-state index in [0.717, 1.165) is 6.07 Å². The molecule has 0 aromatic heterocycles. The first kappa shape index (κ1) is 14.6. The van der Waals surface area contributed by atoms with Gasteiger partial charge in [0.25, 0.3) is 0 Å². The molecule has 0 spiro atoms. The van der Waals surface area contributed by atoms with Gasteiger partial charge >= 0.3 is 0 Å². The van der Waals surface area contributed by atoms with Gasteiger partial charge in [0.1, 0.15) is 5.82 Å². The van der Waals surface area contributed by atoms with Crippen molar-refractivity contribution in [3.05, 3.63) is 28.5 Å². The number of rotatable bonds is 5. The van der Waals surface area contributed by atoms with Gasteiger partial charge < -0.3 is 5.11 Å². The van der Waals surface area contributed by atoms with E-state index >= 15 is 0 Å². The van der Waals surface area contributed by atoms with E-state index in [0.29, 0.717) is 6.42 Å². The van der Waals surface area contributed by atoms with Gasteiger partial charge in [-0.3, -0.25) is 0 Å². The number of nitrogens with one attached hydrogen (secondary N) is 1. The predicted octanol–water partition coefficient (Wildman–Crippen LogP) is 1.64. The molecule has 0 heterocycles. The van der Waals surface area contributed by atoms with E-state index < -0.39 is 21.9 Å². The Morgan fingerprint density at radius 1 is 1.53 bits per heavy atom. The van der Waals surface area contributed by atoms with Crippen molar-refractivity contribution in [2.75, 3.05) is 6.54 Å². The molecular formula is C10H13BrFNO3S. The van der Waals surface area contributed by atoms with Crippen molar-refractivity contribution in [3.63, 3.8) is 0 Å². The van der Waals surface area contributed by atoms with Crippen LogP contribution in [0.4, 0.5) is 4.39 Å². The molecule has 1 rings (SSSR count). The molecule has 1 atom stereocenters. The summed E-state index contributed by atoms with van der Waals surface area (Å²) < 4.78 is 39.0. The molecule has 0 saturated carbocycles. The van der Waals surface area contributed by atoms with Crippen LogP contribution in [0.25, 0.3) is 0 Å². The summed E-state index contributed by atoms with van der Waals surface area (Å²) in [5.41, 5.74) is 0. The van der Waals surface area contributed by atoms with E-state index in [4.69, 9.17) is 0 Å². The van der Waals surface area contributed by atoms with E-state index in [9.17, 15) is 17.9 Å². The fourth-order valence-electron chi connectivity index (χ4n) is 1.08. The highest BCUT2D eigenvalue weighted by atomic mass is 79.9. The molecule has 1 aromatic rings. The highest BCUT2D eigenvalue weighted by Crippen LogP contribution is 2.19. The summed E-state index contributed by atoms with van der Waals surface area (Å²) in [5.74, 6) is -0.649. The van der Waals surface area contributed by atoms with E-state index in [1.807, 2.05) is 0 Å². The smallest absolute Gasteiger partial charge is 0.240 e. The zero-order valence-corrected chi connectivity index (χ0v) is 11.6. The third-order valence-corrected chi connectivity index (χ3v) is 4.25. The lowest BCUT2D eigenvalue weighted by molar-refractivity contribution is 0.174. The molecule has 2 N–H and O–H groups in total. The summed E-state index contributed by atoms with van der Waals surface area (Å²) in [6.07, 6.45) is -0.304. The second-order valence-corrected chi connectivity index (χ2v) is 6.11. The maximum atomic E-state index is 13.2. The summed E-state index contributed by atoms with van der Waals surface area (Å²) in [7, 11) is -3.78. The van der Waals surface area contributed by atoms with Gasteiger partial charge in [-0.05, 0) is 40.5 Å². The van der Waals surface area contributed by atoms with Crippen molar-refractivity contribution in [1.29, 1.82) is 0 Å². The van der Waals surface area contributed by atoms with Crippen molar-refractivity contribution in [2.24, 2.45) is 0 Å². The minimum absolute atomic E-state index is 0.0868. The maximum absolute atomic E-state index is 13.2. The molecule has 4 nitrogen and oxygen atoms in total. The first-order chi connectivity index (χ1) is 7.86. The van der Waals surface area contributed by atoms with Gasteiger partial charge in [-0.1, -0.05) is 6.92 Å². The van der Waals surface area contributed by atoms with Crippen LogP contribution in [0.5, 0.6) is 0 Å². The average molecular weight is 326 g/mol. The minimum atomic E-state index is -3.78. The maximum Gasteiger partial charge on any atom is 0.240 e. The normalized spacial score (nSPS) is 13.6. The summed E-state index contributed by atoms with van der Waals surface area (Å²) in [6.45, 7) is 1.65. The van der Waals surface area contributed by atoms with Gasteiger partial charge in [0.15, 0.2) is 0 Å². The van der Waals surface area contributed by atoms with Crippen LogP contribution >= 0.6 is 15.9 Å². The van der Waals surface area contributed by atoms with Gasteiger partial charge in [-0.15, -0.1) is 0 Å². The second-order valence-electron chi connectivity index (χ2n) is 3.49. The number of aliphatic hydroxyl groups is 1. The first-order valence-electron chi connectivity index (χ1n) is 4.99. The lowest BCUT2D eigenvalue weighted by atomic mass is 10.3. The molecule has 7 heteroatoms. The van der Waals surface area contributed by atoms with Crippen LogP contribution in [0.2, 0.25) is 0 Å². The molecule has 0 fully saturated rings. The highest BCUT2D eigenvalue weighted by Gasteiger charge is 2.16. The standard InChI is InChI=1S/C10H13BrFNO3S/c1-2-7(14)6-13-17(15,16)8-3-4-9(11)10(12)5-8/h3-5,7,13-14H,2,6H2,1H3. The molecule has 0 radical (unpaired) electrons. The Morgan fingerprint density at radius 3 is 2.71 bits per heavy atom. The van der Waals surface area contributed by atoms with Gasteiger partial charge in [0, 0.05) is 6.54 Å². The van der Waals surface area contributed by atoms with Gasteiger partial charge in [0.05, 0.1) is 15.5 Å². The Bertz CT molecular complexity index is 492. The average Bonchev–Trinajstić information content (AvgIpc) is 2.29. The molecule has 0 aliphatic carbocycles. The zero-order chi connectivity index (χ0) is 13.1. The second kappa shape index (κ2) is 5.90. The number of aliphatic hydroxyl groups excluding tert-OH is 1. The zero-order valence-electron chi connectivity index (χ0n) is 9.15. The summed E-state index contributed by atoms with van der Waals surface area (Å²) in [6, 6.07) is 3.53. The van der Waals surface area contributed by atoms with Crippen molar-refractivity contribution < 1.29 is 17.9 Å². The van der Waals surface area contributed by atoms with Crippen molar-refractivity contribution in [3.8, 4) is 0 Å². The number of halogens is 2. The fraction of sp³-hybridized carbons (Fsp3) is 0.400. The van der Waals surface area contributed by atoms with Crippen LogP contribution in [0.1, 0.15) is 13.3 Å². The molecule has 0 aliphatic rings. The van der Waals surface area contributed by atoms with E-state index in [2.05, 4.69) is 20.7 Å². The molecule has 96 valence electrons. The highest BCUT2D eigenvalue weighted by molar-refractivity contribution is 9.10. The van der Waals surface area contributed by atoms with E-state index in [1.54, 1.807) is 6.92 Å². The quantitative estimate of drug-likeness (QED) is 0.864. The van der Waals surface area contributed by atoms with Gasteiger partial charge in [-0.2, -0.15) is 0 Å². The molecule has 0 aliphatic heterocycles. The lowest BCUT2D eigenvalue weighted by Gasteiger charge is -2.10. The SMILES string of the molecule is CCC(O)CNS(=O)(=O)c1ccc(Br)c(F)c1. The van der Waals surface area contributed by atoms with Crippen LogP contribution in [-0.2, 0) is 10.0 Å². The monoisotopic (exact) mass is 325 g/mol.